The van der Waals surface area contributed by atoms with Gasteiger partial charge >= 0.3 is 18.3 Å². The average molecular weight is 499 g/mol. The van der Waals surface area contributed by atoms with Crippen LogP contribution in [0, 0.1) is 0 Å². The normalized spacial score (nSPS) is 12.6. The van der Waals surface area contributed by atoms with Gasteiger partial charge in [0.2, 0.25) is 11.8 Å². The number of benzene rings is 1. The lowest BCUT2D eigenvalue weighted by Gasteiger charge is -2.18. The summed E-state index contributed by atoms with van der Waals surface area (Å²) in [7, 11) is 0. The molecule has 0 aliphatic rings. The number of carbonyl (C=O) groups is 4. The van der Waals surface area contributed by atoms with E-state index in [4.69, 9.17) is 5.73 Å². The number of ketones is 1. The summed E-state index contributed by atoms with van der Waals surface area (Å²) in [6, 6.07) is 0.0521. The molecule has 0 aromatic heterocycles. The largest absolute Gasteiger partial charge is 0.454 e. The Bertz CT molecular complexity index is 869. The number of nitrogens with one attached hydrogen (secondary N) is 2. The fourth-order valence-corrected chi connectivity index (χ4v) is 2.83. The highest BCUT2D eigenvalue weighted by atomic mass is 19.4. The first-order valence-corrected chi connectivity index (χ1v) is 9.89. The summed E-state index contributed by atoms with van der Waals surface area (Å²) in [6.45, 7) is -0.416. The number of ether oxygens (including phenoxy) is 1. The highest BCUT2D eigenvalue weighted by Gasteiger charge is 2.43. The fraction of sp³-hybridized carbons (Fsp3) is 0.500. The molecule has 1 aromatic rings. The zero-order valence-electron chi connectivity index (χ0n) is 17.9. The quantitative estimate of drug-likeness (QED) is 0.243. The van der Waals surface area contributed by atoms with Gasteiger partial charge in [-0.25, -0.2) is 4.79 Å². The molecule has 34 heavy (non-hydrogen) atoms. The van der Waals surface area contributed by atoms with Gasteiger partial charge in [0.05, 0.1) is 23.2 Å². The van der Waals surface area contributed by atoms with E-state index in [-0.39, 0.29) is 18.6 Å². The Balaban J connectivity index is 2.84. The van der Waals surface area contributed by atoms with Gasteiger partial charge in [-0.3, -0.25) is 14.4 Å². The fourth-order valence-electron chi connectivity index (χ4n) is 2.83. The molecule has 14 heteroatoms. The highest BCUT2D eigenvalue weighted by Crippen LogP contribution is 2.39. The van der Waals surface area contributed by atoms with E-state index in [1.54, 1.807) is 0 Å². The molecule has 0 saturated heterocycles. The third-order valence-corrected chi connectivity index (χ3v) is 4.34. The summed E-state index contributed by atoms with van der Waals surface area (Å²) >= 11 is 0. The lowest BCUT2D eigenvalue weighted by Crippen LogP contribution is -2.47. The molecule has 190 valence electrons. The number of halogens is 6. The third-order valence-electron chi connectivity index (χ3n) is 4.34. The van der Waals surface area contributed by atoms with Crippen molar-refractivity contribution in [2.75, 3.05) is 19.7 Å². The van der Waals surface area contributed by atoms with Crippen LogP contribution in [0.2, 0.25) is 0 Å². The second-order valence-corrected chi connectivity index (χ2v) is 7.09. The molecule has 2 amide bonds. The number of hydrogen-bond donors (Lipinski definition) is 3. The SMILES string of the molecule is CC(=O)NC(CCCCN)C(=O)NCC(=O)COC(=O)c1c(C(F)(F)F)cccc1C(F)(F)F. The number of alkyl halides is 6. The lowest BCUT2D eigenvalue weighted by molar-refractivity contribution is -0.144. The van der Waals surface area contributed by atoms with E-state index in [1.165, 1.54) is 6.92 Å². The summed E-state index contributed by atoms with van der Waals surface area (Å²) in [5.74, 6) is -4.29. The summed E-state index contributed by atoms with van der Waals surface area (Å²) in [5, 5.41) is 4.54. The maximum atomic E-state index is 13.1. The number of hydrogen-bond acceptors (Lipinski definition) is 6. The van der Waals surface area contributed by atoms with Crippen molar-refractivity contribution in [2.45, 2.75) is 44.6 Å². The number of esters is 1. The first-order chi connectivity index (χ1) is 15.7. The van der Waals surface area contributed by atoms with Crippen LogP contribution in [0.15, 0.2) is 18.2 Å². The van der Waals surface area contributed by atoms with Gasteiger partial charge in [0.1, 0.15) is 6.04 Å². The topological polar surface area (TPSA) is 128 Å². The predicted octanol–water partition coefficient (Wildman–Crippen LogP) is 2.20. The van der Waals surface area contributed by atoms with Crippen molar-refractivity contribution in [3.05, 3.63) is 34.9 Å². The van der Waals surface area contributed by atoms with Crippen LogP contribution in [0.5, 0.6) is 0 Å². The van der Waals surface area contributed by atoms with Crippen molar-refractivity contribution in [1.29, 1.82) is 0 Å². The van der Waals surface area contributed by atoms with Crippen LogP contribution in [-0.2, 0) is 31.5 Å². The van der Waals surface area contributed by atoms with Crippen molar-refractivity contribution in [2.24, 2.45) is 5.73 Å². The van der Waals surface area contributed by atoms with Crippen LogP contribution >= 0.6 is 0 Å². The van der Waals surface area contributed by atoms with Gasteiger partial charge in [0.15, 0.2) is 12.4 Å². The molecule has 0 heterocycles. The molecule has 0 radical (unpaired) electrons. The molecule has 0 bridgehead atoms. The molecule has 1 atom stereocenters. The number of nitrogens with two attached hydrogens (primary N) is 1. The smallest absolute Gasteiger partial charge is 0.417 e. The van der Waals surface area contributed by atoms with Gasteiger partial charge < -0.3 is 21.1 Å². The van der Waals surface area contributed by atoms with Crippen molar-refractivity contribution in [3.8, 4) is 0 Å². The van der Waals surface area contributed by atoms with E-state index in [2.05, 4.69) is 15.4 Å². The minimum atomic E-state index is -5.30. The molecular weight excluding hydrogens is 476 g/mol. The molecule has 0 saturated carbocycles. The Morgan fingerprint density at radius 1 is 1.00 bits per heavy atom. The van der Waals surface area contributed by atoms with Crippen LogP contribution in [0.4, 0.5) is 26.3 Å². The van der Waals surface area contributed by atoms with E-state index < -0.39 is 71.8 Å². The second-order valence-electron chi connectivity index (χ2n) is 7.09. The number of amides is 2. The first kappa shape index (κ1) is 28.9. The zero-order chi connectivity index (χ0) is 26.1. The number of carbonyl (C=O) groups excluding carboxylic acids is 4. The molecule has 0 aliphatic carbocycles. The molecule has 4 N–H and O–H groups in total. The van der Waals surface area contributed by atoms with Crippen LogP contribution in [0.25, 0.3) is 0 Å². The minimum absolute atomic E-state index is 0.209. The summed E-state index contributed by atoms with van der Waals surface area (Å²) in [4.78, 5) is 47.4. The van der Waals surface area contributed by atoms with Gasteiger partial charge in [-0.2, -0.15) is 26.3 Å². The minimum Gasteiger partial charge on any atom is -0.454 e. The van der Waals surface area contributed by atoms with Gasteiger partial charge in [-0.05, 0) is 37.9 Å². The molecule has 8 nitrogen and oxygen atoms in total. The van der Waals surface area contributed by atoms with Crippen molar-refractivity contribution in [3.63, 3.8) is 0 Å². The summed E-state index contributed by atoms with van der Waals surface area (Å²) < 4.78 is 83.2. The number of unbranched alkanes of at least 4 members (excludes halogenated alkanes) is 1. The van der Waals surface area contributed by atoms with Crippen molar-refractivity contribution >= 4 is 23.6 Å². The van der Waals surface area contributed by atoms with Crippen LogP contribution < -0.4 is 16.4 Å². The number of Topliss-reactive ketones (excluding diaryl/α,β-unsaturated/α-hetero) is 1. The monoisotopic (exact) mass is 499 g/mol. The molecule has 0 fully saturated rings. The average Bonchev–Trinajstić information content (AvgIpc) is 2.73. The predicted molar refractivity (Wildman–Crippen MR) is 105 cm³/mol. The van der Waals surface area contributed by atoms with Crippen molar-refractivity contribution in [1.82, 2.24) is 10.6 Å². The Morgan fingerprint density at radius 3 is 2.03 bits per heavy atom. The van der Waals surface area contributed by atoms with Crippen LogP contribution in [-0.4, -0.2) is 49.3 Å². The van der Waals surface area contributed by atoms with E-state index in [0.29, 0.717) is 25.5 Å². The molecule has 0 aliphatic heterocycles. The Hall–Kier alpha value is -3.16. The summed E-state index contributed by atoms with van der Waals surface area (Å²) in [5.41, 5.74) is -0.159. The number of rotatable bonds is 11. The Morgan fingerprint density at radius 2 is 1.56 bits per heavy atom. The Kier molecular flexibility index (Phi) is 10.5. The molecule has 1 aromatic carbocycles. The summed E-state index contributed by atoms with van der Waals surface area (Å²) in [6.07, 6.45) is -9.33. The second kappa shape index (κ2) is 12.3. The van der Waals surface area contributed by atoms with E-state index >= 15 is 0 Å². The lowest BCUT2D eigenvalue weighted by atomic mass is 10.00. The van der Waals surface area contributed by atoms with Gasteiger partial charge in [0, 0.05) is 6.92 Å². The molecule has 1 unspecified atom stereocenters. The van der Waals surface area contributed by atoms with E-state index in [0.717, 1.165) is 0 Å². The molecule has 0 spiro atoms. The van der Waals surface area contributed by atoms with Gasteiger partial charge in [-0.1, -0.05) is 6.07 Å². The van der Waals surface area contributed by atoms with E-state index in [9.17, 15) is 45.5 Å². The third kappa shape index (κ3) is 9.00. The zero-order valence-corrected chi connectivity index (χ0v) is 17.9. The van der Waals surface area contributed by atoms with Crippen LogP contribution in [0.3, 0.4) is 0 Å². The highest BCUT2D eigenvalue weighted by molar-refractivity contribution is 5.96. The van der Waals surface area contributed by atoms with E-state index in [1.807, 2.05) is 0 Å². The molecular formula is C20H23F6N3O5. The van der Waals surface area contributed by atoms with Gasteiger partial charge in [-0.15, -0.1) is 0 Å². The Labute approximate surface area is 190 Å². The van der Waals surface area contributed by atoms with Crippen LogP contribution in [0.1, 0.15) is 47.7 Å². The maximum absolute atomic E-state index is 13.1. The standard InChI is InChI=1S/C20H23F6N3O5/c1-11(30)29-15(7-2-3-8-27)17(32)28-9-12(31)10-34-18(33)16-13(19(21,22)23)5-4-6-14(16)20(24,25)26/h4-6,15H,2-3,7-10,27H2,1H3,(H,28,32)(H,29,30). The van der Waals surface area contributed by atoms with Crippen molar-refractivity contribution < 1.29 is 50.3 Å². The first-order valence-electron chi connectivity index (χ1n) is 9.89. The molecule has 1 rings (SSSR count). The van der Waals surface area contributed by atoms with Gasteiger partial charge in [0.25, 0.3) is 0 Å². The maximum Gasteiger partial charge on any atom is 0.417 e.